The molecule has 5 aliphatic rings. The molecule has 6 rings (SSSR count). The van der Waals surface area contributed by atoms with E-state index in [4.69, 9.17) is 9.47 Å². The number of aliphatic hydroxyl groups excluding tert-OH is 1. The molecule has 0 bridgehead atoms. The molecule has 2 saturated carbocycles. The Kier molecular flexibility index (Phi) is 3.14. The van der Waals surface area contributed by atoms with Crippen LogP contribution in [0.1, 0.15) is 18.4 Å². The highest BCUT2D eigenvalue weighted by molar-refractivity contribution is 5.74. The van der Waals surface area contributed by atoms with Crippen molar-refractivity contribution in [2.24, 2.45) is 41.4 Å². The second kappa shape index (κ2) is 5.38. The van der Waals surface area contributed by atoms with Gasteiger partial charge in [-0.15, -0.1) is 0 Å². The maximum Gasteiger partial charge on any atom is 0.303 e. The Morgan fingerprint density at radius 1 is 1.11 bits per heavy atom. The Morgan fingerprint density at radius 3 is 2.81 bits per heavy atom. The highest BCUT2D eigenvalue weighted by Gasteiger charge is 2.63. The van der Waals surface area contributed by atoms with Crippen molar-refractivity contribution in [2.75, 3.05) is 6.79 Å². The van der Waals surface area contributed by atoms with Gasteiger partial charge >= 0.3 is 5.97 Å². The third-order valence-electron chi connectivity index (χ3n) is 7.69. The maximum absolute atomic E-state index is 11.3. The fourth-order valence-electron chi connectivity index (χ4n) is 6.73. The summed E-state index contributed by atoms with van der Waals surface area (Å²) in [5.41, 5.74) is 2.24. The van der Waals surface area contributed by atoms with Crippen LogP contribution in [-0.4, -0.2) is 29.1 Å². The van der Waals surface area contributed by atoms with Crippen molar-refractivity contribution in [1.82, 2.24) is 0 Å². The Balaban J connectivity index is 1.38. The van der Waals surface area contributed by atoms with Crippen molar-refractivity contribution in [2.45, 2.75) is 18.9 Å². The molecule has 8 atom stereocenters. The average Bonchev–Trinajstić information content (AvgIpc) is 3.26. The molecule has 1 aromatic carbocycles. The van der Waals surface area contributed by atoms with Gasteiger partial charge in [-0.2, -0.15) is 0 Å². The van der Waals surface area contributed by atoms with Crippen molar-refractivity contribution in [3.05, 3.63) is 42.0 Å². The highest BCUT2D eigenvalue weighted by atomic mass is 16.7. The van der Waals surface area contributed by atoms with Crippen molar-refractivity contribution in [3.8, 4) is 11.5 Å². The van der Waals surface area contributed by atoms with Crippen molar-refractivity contribution < 1.29 is 24.5 Å². The van der Waals surface area contributed by atoms with Gasteiger partial charge in [-0.1, -0.05) is 24.3 Å². The van der Waals surface area contributed by atoms with Crippen LogP contribution < -0.4 is 9.47 Å². The average molecular weight is 366 g/mol. The normalized spacial score (nSPS) is 42.3. The fourth-order valence-corrected chi connectivity index (χ4v) is 6.73. The van der Waals surface area contributed by atoms with Gasteiger partial charge in [0.25, 0.3) is 0 Å². The number of hydrogen-bond donors (Lipinski definition) is 2. The zero-order chi connectivity index (χ0) is 18.3. The summed E-state index contributed by atoms with van der Waals surface area (Å²) < 4.78 is 11.0. The Bertz CT molecular complexity index is 887. The minimum absolute atomic E-state index is 0.233. The van der Waals surface area contributed by atoms with Gasteiger partial charge in [0, 0.05) is 12.3 Å². The minimum Gasteiger partial charge on any atom is -0.481 e. The van der Waals surface area contributed by atoms with E-state index in [1.165, 1.54) is 5.57 Å². The zero-order valence-corrected chi connectivity index (χ0v) is 14.8. The number of carboxylic acids is 1. The summed E-state index contributed by atoms with van der Waals surface area (Å²) in [5, 5.41) is 20.2. The lowest BCUT2D eigenvalue weighted by Gasteiger charge is -2.54. The SMILES string of the molecule is O=C(O)C[C@@H]1[C@H]2C=C[C@H]3C(c4ccc5c(c4)OCO5)=C[C@@H](O)[C@@H]4C[C@H]1[C@@H]2[C@H]43. The summed E-state index contributed by atoms with van der Waals surface area (Å²) in [4.78, 5) is 11.3. The lowest BCUT2D eigenvalue weighted by atomic mass is 9.50. The number of carbonyl (C=O) groups is 1. The Morgan fingerprint density at radius 2 is 1.96 bits per heavy atom. The summed E-state index contributed by atoms with van der Waals surface area (Å²) in [7, 11) is 0. The van der Waals surface area contributed by atoms with E-state index in [-0.39, 0.29) is 31.0 Å². The van der Waals surface area contributed by atoms with Crippen LogP contribution in [0, 0.1) is 41.4 Å². The van der Waals surface area contributed by atoms with Crippen LogP contribution >= 0.6 is 0 Å². The summed E-state index contributed by atoms with van der Waals surface area (Å²) in [6, 6.07) is 6.00. The van der Waals surface area contributed by atoms with Crippen molar-refractivity contribution in [1.29, 1.82) is 0 Å². The van der Waals surface area contributed by atoms with E-state index >= 15 is 0 Å². The number of benzene rings is 1. The molecule has 140 valence electrons. The van der Waals surface area contributed by atoms with Crippen LogP contribution in [0.4, 0.5) is 0 Å². The number of allylic oxidation sites excluding steroid dienone is 3. The topological polar surface area (TPSA) is 76.0 Å². The van der Waals surface area contributed by atoms with Crippen molar-refractivity contribution >= 4 is 11.5 Å². The lowest BCUT2D eigenvalue weighted by Crippen LogP contribution is -2.50. The molecule has 5 heteroatoms. The van der Waals surface area contributed by atoms with E-state index in [0.29, 0.717) is 23.7 Å². The molecule has 5 nitrogen and oxygen atoms in total. The molecule has 0 aromatic heterocycles. The second-order valence-electron chi connectivity index (χ2n) is 8.65. The molecule has 1 heterocycles. The van der Waals surface area contributed by atoms with E-state index in [2.05, 4.69) is 12.2 Å². The molecule has 27 heavy (non-hydrogen) atoms. The predicted octanol–water partition coefficient (Wildman–Crippen LogP) is 2.95. The van der Waals surface area contributed by atoms with Crippen LogP contribution in [0.25, 0.3) is 5.57 Å². The largest absolute Gasteiger partial charge is 0.481 e. The zero-order valence-electron chi connectivity index (χ0n) is 14.8. The number of fused-ring (bicyclic) bond motifs is 1. The molecule has 2 fully saturated rings. The molecule has 0 saturated heterocycles. The first-order valence-electron chi connectivity index (χ1n) is 9.82. The molecular formula is C22H22O5. The Hall–Kier alpha value is -2.27. The monoisotopic (exact) mass is 366 g/mol. The predicted molar refractivity (Wildman–Crippen MR) is 97.0 cm³/mol. The van der Waals surface area contributed by atoms with Crippen molar-refractivity contribution in [3.63, 3.8) is 0 Å². The highest BCUT2D eigenvalue weighted by Crippen LogP contribution is 2.68. The van der Waals surface area contributed by atoms with E-state index in [9.17, 15) is 15.0 Å². The van der Waals surface area contributed by atoms with E-state index < -0.39 is 12.1 Å². The fraction of sp³-hybridized carbons (Fsp3) is 0.500. The van der Waals surface area contributed by atoms with Crippen LogP contribution in [0.5, 0.6) is 11.5 Å². The molecule has 0 radical (unpaired) electrons. The Labute approximate surface area is 157 Å². The molecule has 0 amide bonds. The van der Waals surface area contributed by atoms with Gasteiger partial charge in [-0.05, 0) is 65.2 Å². The van der Waals surface area contributed by atoms with Gasteiger partial charge in [0.15, 0.2) is 11.5 Å². The molecule has 2 N–H and O–H groups in total. The minimum atomic E-state index is -0.705. The summed E-state index contributed by atoms with van der Waals surface area (Å²) in [6.07, 6.45) is 7.29. The number of aliphatic hydroxyl groups is 1. The molecule has 1 aliphatic heterocycles. The number of rotatable bonds is 3. The first-order valence-corrected chi connectivity index (χ1v) is 9.82. The van der Waals surface area contributed by atoms with Gasteiger partial charge < -0.3 is 19.7 Å². The quantitative estimate of drug-likeness (QED) is 0.805. The molecular weight excluding hydrogens is 344 g/mol. The summed E-state index contributed by atoms with van der Waals surface area (Å²) >= 11 is 0. The molecule has 0 spiro atoms. The number of ether oxygens (including phenoxy) is 2. The van der Waals surface area contributed by atoms with Gasteiger partial charge in [0.2, 0.25) is 6.79 Å². The van der Waals surface area contributed by atoms with Crippen LogP contribution in [0.2, 0.25) is 0 Å². The van der Waals surface area contributed by atoms with Crippen LogP contribution in [-0.2, 0) is 4.79 Å². The summed E-state index contributed by atoms with van der Waals surface area (Å²) in [5.74, 6) is 3.32. The van der Waals surface area contributed by atoms with Gasteiger partial charge in [0.1, 0.15) is 0 Å². The summed E-state index contributed by atoms with van der Waals surface area (Å²) in [6.45, 7) is 0.255. The maximum atomic E-state index is 11.3. The third kappa shape index (κ3) is 2.06. The van der Waals surface area contributed by atoms with E-state index in [0.717, 1.165) is 23.5 Å². The smallest absolute Gasteiger partial charge is 0.303 e. The number of carboxylic acid groups (broad SMARTS) is 1. The first-order chi connectivity index (χ1) is 13.1. The van der Waals surface area contributed by atoms with Crippen LogP contribution in [0.3, 0.4) is 0 Å². The first kappa shape index (κ1) is 15.8. The van der Waals surface area contributed by atoms with E-state index in [1.807, 2.05) is 24.3 Å². The standard InChI is InChI=1S/C22H22O5/c23-17-7-13(10-1-4-18-19(5-10)27-9-26-18)11-2-3-12-14(8-20(24)25)15-6-16(17)22(11)21(12)15/h1-5,7,11-12,14-17,21-23H,6,8-9H2,(H,24,25)/t11-,12+,14+,15+,16-,17+,21+,22-/m0/s1. The van der Waals surface area contributed by atoms with Gasteiger partial charge in [-0.25, -0.2) is 0 Å². The molecule has 1 aromatic rings. The van der Waals surface area contributed by atoms with E-state index in [1.54, 1.807) is 0 Å². The number of hydrogen-bond acceptors (Lipinski definition) is 4. The lowest BCUT2D eigenvalue weighted by molar-refractivity contribution is -0.142. The second-order valence-corrected chi connectivity index (χ2v) is 8.65. The van der Waals surface area contributed by atoms with Crippen LogP contribution in [0.15, 0.2) is 36.4 Å². The number of aliphatic carboxylic acids is 1. The van der Waals surface area contributed by atoms with Gasteiger partial charge in [0.05, 0.1) is 6.10 Å². The third-order valence-corrected chi connectivity index (χ3v) is 7.69. The van der Waals surface area contributed by atoms with Gasteiger partial charge in [-0.3, -0.25) is 4.79 Å². The molecule has 4 aliphatic carbocycles. The molecule has 0 unspecified atom stereocenters.